The first kappa shape index (κ1) is 25.2. The zero-order chi connectivity index (χ0) is 25.5. The number of para-hydroxylation sites is 2. The van der Waals surface area contributed by atoms with Gasteiger partial charge in [-0.1, -0.05) is 48.2 Å². The number of nitrogens with zero attached hydrogens (tertiary/aromatic N) is 2. The molecule has 3 aromatic carbocycles. The zero-order valence-electron chi connectivity index (χ0n) is 19.9. The summed E-state index contributed by atoms with van der Waals surface area (Å²) >= 11 is 1.15. The number of rotatable bonds is 8. The van der Waals surface area contributed by atoms with Crippen LogP contribution < -0.4 is 14.8 Å². The molecule has 2 amide bonds. The van der Waals surface area contributed by atoms with Crippen LogP contribution in [0.1, 0.15) is 12.0 Å². The van der Waals surface area contributed by atoms with Crippen LogP contribution in [0.25, 0.3) is 0 Å². The highest BCUT2D eigenvalue weighted by molar-refractivity contribution is 8.15. The molecule has 36 heavy (non-hydrogen) atoms. The predicted octanol–water partition coefficient (Wildman–Crippen LogP) is 5.05. The Morgan fingerprint density at radius 1 is 1.06 bits per heavy atom. The molecule has 1 atom stereocenters. The van der Waals surface area contributed by atoms with Crippen molar-refractivity contribution in [2.24, 2.45) is 4.99 Å². The normalized spacial score (nSPS) is 16.6. The maximum atomic E-state index is 14.4. The molecule has 9 heteroatoms. The van der Waals surface area contributed by atoms with Crippen LogP contribution in [0.5, 0.6) is 11.5 Å². The number of anilines is 1. The number of carbonyl (C=O) groups excluding carboxylic acids is 2. The smallest absolute Gasteiger partial charge is 0.238 e. The fourth-order valence-corrected chi connectivity index (χ4v) is 4.85. The van der Waals surface area contributed by atoms with Crippen LogP contribution in [0.15, 0.2) is 77.8 Å². The Kier molecular flexibility index (Phi) is 8.22. The molecule has 1 saturated heterocycles. The molecule has 0 radical (unpaired) electrons. The lowest BCUT2D eigenvalue weighted by Crippen LogP contribution is -2.46. The van der Waals surface area contributed by atoms with Gasteiger partial charge >= 0.3 is 0 Å². The highest BCUT2D eigenvalue weighted by Crippen LogP contribution is 2.32. The Morgan fingerprint density at radius 2 is 1.78 bits per heavy atom. The molecule has 186 valence electrons. The van der Waals surface area contributed by atoms with E-state index in [2.05, 4.69) is 10.3 Å². The lowest BCUT2D eigenvalue weighted by atomic mass is 10.1. The largest absolute Gasteiger partial charge is 0.493 e. The summed E-state index contributed by atoms with van der Waals surface area (Å²) in [7, 11) is 3.13. The van der Waals surface area contributed by atoms with E-state index in [0.717, 1.165) is 17.3 Å². The average Bonchev–Trinajstić information content (AvgIpc) is 2.89. The molecule has 1 unspecified atom stereocenters. The molecule has 4 rings (SSSR count). The standard InChI is InChI=1S/C27H26FN3O4S/c1-34-22-13-12-18(16-23(22)35-2)14-15-31-25(32)17-24(26(33)29-19-8-4-3-5-9-19)36-27(31)30-21-11-7-6-10-20(21)28/h3-13,16,24H,14-15,17H2,1-2H3,(H,29,33). The number of thioether (sulfide) groups is 1. The summed E-state index contributed by atoms with van der Waals surface area (Å²) in [4.78, 5) is 32.1. The van der Waals surface area contributed by atoms with Gasteiger partial charge in [0.1, 0.15) is 16.8 Å². The molecular weight excluding hydrogens is 481 g/mol. The number of methoxy groups -OCH3 is 2. The number of amidine groups is 1. The second-order valence-electron chi connectivity index (χ2n) is 8.00. The average molecular weight is 508 g/mol. The topological polar surface area (TPSA) is 80.2 Å². The van der Waals surface area contributed by atoms with E-state index in [-0.39, 0.29) is 29.1 Å². The number of carbonyl (C=O) groups is 2. The van der Waals surface area contributed by atoms with Crippen molar-refractivity contribution in [2.45, 2.75) is 18.1 Å². The van der Waals surface area contributed by atoms with Crippen molar-refractivity contribution in [3.05, 3.63) is 84.2 Å². The van der Waals surface area contributed by atoms with Gasteiger partial charge < -0.3 is 14.8 Å². The molecule has 1 N–H and O–H groups in total. The van der Waals surface area contributed by atoms with E-state index in [1.807, 2.05) is 30.3 Å². The first-order valence-electron chi connectivity index (χ1n) is 11.4. The quantitative estimate of drug-likeness (QED) is 0.462. The molecule has 1 aliphatic heterocycles. The second kappa shape index (κ2) is 11.7. The SMILES string of the molecule is COc1ccc(CCN2C(=O)CC(C(=O)Nc3ccccc3)SC2=Nc2ccccc2F)cc1OC. The van der Waals surface area contributed by atoms with Gasteiger partial charge in [-0.05, 0) is 48.4 Å². The highest BCUT2D eigenvalue weighted by atomic mass is 32.2. The molecule has 3 aromatic rings. The second-order valence-corrected chi connectivity index (χ2v) is 9.17. The van der Waals surface area contributed by atoms with E-state index >= 15 is 0 Å². The molecule has 0 spiro atoms. The fraction of sp³-hybridized carbons (Fsp3) is 0.222. The monoisotopic (exact) mass is 507 g/mol. The van der Waals surface area contributed by atoms with Crippen LogP contribution in [0.4, 0.5) is 15.8 Å². The summed E-state index contributed by atoms with van der Waals surface area (Å²) in [5.74, 6) is 0.138. The maximum Gasteiger partial charge on any atom is 0.238 e. The molecule has 0 aromatic heterocycles. The summed E-state index contributed by atoms with van der Waals surface area (Å²) in [5.41, 5.74) is 1.67. The van der Waals surface area contributed by atoms with E-state index < -0.39 is 11.1 Å². The number of halogens is 1. The Bertz CT molecular complexity index is 1270. The van der Waals surface area contributed by atoms with Crippen molar-refractivity contribution in [3.8, 4) is 11.5 Å². The third-order valence-electron chi connectivity index (χ3n) is 5.61. The fourth-order valence-electron chi connectivity index (χ4n) is 3.73. The maximum absolute atomic E-state index is 14.4. The number of hydrogen-bond donors (Lipinski definition) is 1. The summed E-state index contributed by atoms with van der Waals surface area (Å²) < 4.78 is 25.1. The van der Waals surface area contributed by atoms with E-state index in [1.54, 1.807) is 44.6 Å². The minimum absolute atomic E-state index is 0.00551. The van der Waals surface area contributed by atoms with Gasteiger partial charge in [0.25, 0.3) is 0 Å². The molecule has 0 bridgehead atoms. The first-order valence-corrected chi connectivity index (χ1v) is 12.2. The number of aliphatic imine (C=N–C) groups is 1. The molecular formula is C27H26FN3O4S. The van der Waals surface area contributed by atoms with Crippen molar-refractivity contribution >= 4 is 40.1 Å². The molecule has 1 fully saturated rings. The zero-order valence-corrected chi connectivity index (χ0v) is 20.8. The molecule has 0 saturated carbocycles. The van der Waals surface area contributed by atoms with Crippen LogP contribution in [-0.4, -0.2) is 47.9 Å². The van der Waals surface area contributed by atoms with Gasteiger partial charge in [-0.15, -0.1) is 0 Å². The van der Waals surface area contributed by atoms with Gasteiger partial charge in [0, 0.05) is 18.7 Å². The van der Waals surface area contributed by atoms with Crippen LogP contribution in [-0.2, 0) is 16.0 Å². The van der Waals surface area contributed by atoms with Crippen molar-refractivity contribution in [3.63, 3.8) is 0 Å². The van der Waals surface area contributed by atoms with Gasteiger partial charge in [-0.3, -0.25) is 14.5 Å². The Balaban J connectivity index is 1.57. The Morgan fingerprint density at radius 3 is 2.50 bits per heavy atom. The number of hydrogen-bond acceptors (Lipinski definition) is 6. The van der Waals surface area contributed by atoms with Gasteiger partial charge in [-0.2, -0.15) is 0 Å². The van der Waals surface area contributed by atoms with Crippen molar-refractivity contribution < 1.29 is 23.5 Å². The lowest BCUT2D eigenvalue weighted by molar-refractivity contribution is -0.129. The third-order valence-corrected chi connectivity index (χ3v) is 6.80. The van der Waals surface area contributed by atoms with Gasteiger partial charge in [0.2, 0.25) is 11.8 Å². The van der Waals surface area contributed by atoms with Gasteiger partial charge in [0.05, 0.1) is 14.2 Å². The van der Waals surface area contributed by atoms with E-state index in [9.17, 15) is 14.0 Å². The number of benzene rings is 3. The minimum Gasteiger partial charge on any atom is -0.493 e. The molecule has 7 nitrogen and oxygen atoms in total. The number of ether oxygens (including phenoxy) is 2. The van der Waals surface area contributed by atoms with Crippen LogP contribution >= 0.6 is 11.8 Å². The molecule has 1 heterocycles. The van der Waals surface area contributed by atoms with E-state index in [1.165, 1.54) is 17.0 Å². The molecule has 1 aliphatic rings. The third kappa shape index (κ3) is 6.04. The number of nitrogens with one attached hydrogen (secondary N) is 1. The lowest BCUT2D eigenvalue weighted by Gasteiger charge is -2.32. The molecule has 0 aliphatic carbocycles. The number of amides is 2. The van der Waals surface area contributed by atoms with Crippen LogP contribution in [0.3, 0.4) is 0 Å². The van der Waals surface area contributed by atoms with Crippen molar-refractivity contribution in [1.29, 1.82) is 0 Å². The van der Waals surface area contributed by atoms with E-state index in [0.29, 0.717) is 30.2 Å². The van der Waals surface area contributed by atoms with Gasteiger partial charge in [0.15, 0.2) is 16.7 Å². The van der Waals surface area contributed by atoms with Crippen LogP contribution in [0.2, 0.25) is 0 Å². The van der Waals surface area contributed by atoms with Crippen LogP contribution in [0, 0.1) is 5.82 Å². The summed E-state index contributed by atoms with van der Waals surface area (Å²) in [5, 5.41) is 2.43. The Labute approximate surface area is 213 Å². The van der Waals surface area contributed by atoms with Gasteiger partial charge in [-0.25, -0.2) is 9.38 Å². The summed E-state index contributed by atoms with van der Waals surface area (Å²) in [6.45, 7) is 0.307. The Hall–Kier alpha value is -3.85. The first-order chi connectivity index (χ1) is 17.5. The van der Waals surface area contributed by atoms with Crippen molar-refractivity contribution in [2.75, 3.05) is 26.1 Å². The van der Waals surface area contributed by atoms with Crippen molar-refractivity contribution in [1.82, 2.24) is 4.90 Å². The summed E-state index contributed by atoms with van der Waals surface area (Å²) in [6.07, 6.45) is 0.509. The summed E-state index contributed by atoms with van der Waals surface area (Å²) in [6, 6.07) is 20.7. The predicted molar refractivity (Wildman–Crippen MR) is 140 cm³/mol. The highest BCUT2D eigenvalue weighted by Gasteiger charge is 2.36. The van der Waals surface area contributed by atoms with E-state index in [4.69, 9.17) is 9.47 Å². The minimum atomic E-state index is -0.694.